The number of nitrogens with one attached hydrogen (secondary N) is 1. The maximum absolute atomic E-state index is 12.8. The molecule has 4 rings (SSSR count). The van der Waals surface area contributed by atoms with Crippen molar-refractivity contribution in [3.05, 3.63) is 28.7 Å². The van der Waals surface area contributed by atoms with Crippen molar-refractivity contribution in [1.82, 2.24) is 30.4 Å². The zero-order chi connectivity index (χ0) is 15.7. The van der Waals surface area contributed by atoms with Crippen LogP contribution in [-0.4, -0.2) is 50.1 Å². The lowest BCUT2D eigenvalue weighted by atomic mass is 9.93. The Labute approximate surface area is 150 Å². The van der Waals surface area contributed by atoms with Crippen LogP contribution < -0.4 is 5.32 Å². The second-order valence-electron chi connectivity index (χ2n) is 6.49. The molecule has 2 aromatic rings. The van der Waals surface area contributed by atoms with Gasteiger partial charge in [-0.2, -0.15) is 11.3 Å². The van der Waals surface area contributed by atoms with Gasteiger partial charge in [-0.1, -0.05) is 0 Å². The quantitative estimate of drug-likeness (QED) is 0.861. The molecule has 0 radical (unpaired) electrons. The lowest BCUT2D eigenvalue weighted by Crippen LogP contribution is -2.40. The molecular formula is C15H21ClN6OS. The van der Waals surface area contributed by atoms with Gasteiger partial charge in [0.2, 0.25) is 5.91 Å². The molecule has 1 unspecified atom stereocenters. The Morgan fingerprint density at radius 1 is 1.46 bits per heavy atom. The van der Waals surface area contributed by atoms with E-state index in [0.29, 0.717) is 18.0 Å². The number of nitrogens with zero attached hydrogens (tertiary/aromatic N) is 5. The minimum Gasteiger partial charge on any atom is -0.333 e. The zero-order valence-electron chi connectivity index (χ0n) is 13.3. The number of hydrogen-bond acceptors (Lipinski definition) is 6. The lowest BCUT2D eigenvalue weighted by Gasteiger charge is -2.29. The topological polar surface area (TPSA) is 75.9 Å². The number of hydrogen-bond donors (Lipinski definition) is 1. The van der Waals surface area contributed by atoms with Gasteiger partial charge >= 0.3 is 0 Å². The maximum atomic E-state index is 12.8. The molecule has 24 heavy (non-hydrogen) atoms. The fraction of sp³-hybridized carbons (Fsp3) is 0.600. The van der Waals surface area contributed by atoms with Gasteiger partial charge in [0.25, 0.3) is 0 Å². The first-order valence-electron chi connectivity index (χ1n) is 7.99. The molecular weight excluding hydrogens is 348 g/mol. The van der Waals surface area contributed by atoms with Crippen molar-refractivity contribution in [1.29, 1.82) is 0 Å². The van der Waals surface area contributed by atoms with E-state index in [-0.39, 0.29) is 24.9 Å². The third kappa shape index (κ3) is 3.45. The molecule has 1 aliphatic heterocycles. The van der Waals surface area contributed by atoms with Crippen LogP contribution in [-0.2, 0) is 17.9 Å². The first-order valence-corrected chi connectivity index (χ1v) is 8.93. The van der Waals surface area contributed by atoms with E-state index in [1.54, 1.807) is 11.3 Å². The van der Waals surface area contributed by atoms with Crippen LogP contribution in [0.25, 0.3) is 0 Å². The molecule has 0 aromatic carbocycles. The van der Waals surface area contributed by atoms with Gasteiger partial charge in [0.15, 0.2) is 0 Å². The molecule has 1 amide bonds. The lowest BCUT2D eigenvalue weighted by molar-refractivity contribution is -0.134. The molecule has 1 aliphatic carbocycles. The Kier molecular flexibility index (Phi) is 5.17. The first kappa shape index (κ1) is 17.3. The van der Waals surface area contributed by atoms with E-state index in [9.17, 15) is 4.79 Å². The summed E-state index contributed by atoms with van der Waals surface area (Å²) in [4.78, 5) is 14.9. The van der Waals surface area contributed by atoms with Gasteiger partial charge in [0.05, 0.1) is 0 Å². The van der Waals surface area contributed by atoms with Gasteiger partial charge < -0.3 is 10.2 Å². The van der Waals surface area contributed by atoms with Crippen molar-refractivity contribution in [2.24, 2.45) is 5.41 Å². The zero-order valence-corrected chi connectivity index (χ0v) is 14.9. The van der Waals surface area contributed by atoms with E-state index in [1.165, 1.54) is 16.6 Å². The molecule has 2 aliphatic rings. The molecule has 9 heteroatoms. The first-order chi connectivity index (χ1) is 11.3. The summed E-state index contributed by atoms with van der Waals surface area (Å²) < 4.78 is 1.50. The molecule has 3 heterocycles. The Morgan fingerprint density at radius 2 is 2.29 bits per heavy atom. The predicted molar refractivity (Wildman–Crippen MR) is 92.9 cm³/mol. The number of halogens is 1. The minimum absolute atomic E-state index is 0. The van der Waals surface area contributed by atoms with Crippen LogP contribution in [0.5, 0.6) is 0 Å². The van der Waals surface area contributed by atoms with Gasteiger partial charge in [-0.05, 0) is 70.6 Å². The SMILES string of the molecule is Cl.O=C(Cn1cnnn1)N(Cc1ccsc1)C1CC12CCNCC2. The number of thiophene rings is 1. The minimum atomic E-state index is 0. The van der Waals surface area contributed by atoms with E-state index in [2.05, 4.69) is 42.6 Å². The number of tetrazole rings is 1. The normalized spacial score (nSPS) is 21.2. The van der Waals surface area contributed by atoms with Crippen molar-refractivity contribution in [3.8, 4) is 0 Å². The standard InChI is InChI=1S/C15H20N6OS.ClH/c22-14(9-20-11-17-18-19-20)21(8-12-1-6-23-10-12)13-7-15(13)2-4-16-5-3-15;/h1,6,10-11,13,16H,2-5,7-9H2;1H. The maximum Gasteiger partial charge on any atom is 0.245 e. The molecule has 0 bridgehead atoms. The van der Waals surface area contributed by atoms with E-state index in [4.69, 9.17) is 0 Å². The van der Waals surface area contributed by atoms with Crippen LogP contribution in [0, 0.1) is 5.41 Å². The third-order valence-electron chi connectivity index (χ3n) is 5.06. The van der Waals surface area contributed by atoms with Crippen molar-refractivity contribution in [2.45, 2.75) is 38.4 Å². The van der Waals surface area contributed by atoms with Crippen LogP contribution in [0.2, 0.25) is 0 Å². The largest absolute Gasteiger partial charge is 0.333 e. The molecule has 130 valence electrons. The van der Waals surface area contributed by atoms with Crippen molar-refractivity contribution in [3.63, 3.8) is 0 Å². The van der Waals surface area contributed by atoms with E-state index >= 15 is 0 Å². The van der Waals surface area contributed by atoms with E-state index < -0.39 is 0 Å². The van der Waals surface area contributed by atoms with Crippen molar-refractivity contribution in [2.75, 3.05) is 13.1 Å². The monoisotopic (exact) mass is 368 g/mol. The molecule has 1 saturated heterocycles. The summed E-state index contributed by atoms with van der Waals surface area (Å²) in [5, 5.41) is 18.6. The van der Waals surface area contributed by atoms with Crippen LogP contribution in [0.1, 0.15) is 24.8 Å². The average molecular weight is 369 g/mol. The number of carbonyl (C=O) groups excluding carboxylic acids is 1. The molecule has 7 nitrogen and oxygen atoms in total. The van der Waals surface area contributed by atoms with Crippen LogP contribution in [0.4, 0.5) is 0 Å². The highest BCUT2D eigenvalue weighted by molar-refractivity contribution is 7.07. The van der Waals surface area contributed by atoms with Gasteiger partial charge in [-0.25, -0.2) is 4.68 Å². The predicted octanol–water partition coefficient (Wildman–Crippen LogP) is 1.33. The Bertz CT molecular complexity index is 656. The number of carbonyl (C=O) groups is 1. The Balaban J connectivity index is 0.00000169. The van der Waals surface area contributed by atoms with Crippen LogP contribution in [0.3, 0.4) is 0 Å². The second-order valence-corrected chi connectivity index (χ2v) is 7.27. The summed E-state index contributed by atoms with van der Waals surface area (Å²) in [6.45, 7) is 3.01. The second kappa shape index (κ2) is 7.16. The van der Waals surface area contributed by atoms with Gasteiger partial charge in [-0.3, -0.25) is 4.79 Å². The fourth-order valence-corrected chi connectivity index (χ4v) is 4.32. The summed E-state index contributed by atoms with van der Waals surface area (Å²) in [7, 11) is 0. The molecule has 1 saturated carbocycles. The summed E-state index contributed by atoms with van der Waals surface area (Å²) in [5.74, 6) is 0.101. The van der Waals surface area contributed by atoms with E-state index in [0.717, 1.165) is 32.4 Å². The van der Waals surface area contributed by atoms with Crippen molar-refractivity contribution >= 4 is 29.7 Å². The fourth-order valence-electron chi connectivity index (χ4n) is 3.66. The number of rotatable bonds is 5. The smallest absolute Gasteiger partial charge is 0.245 e. The molecule has 1 N–H and O–H groups in total. The highest BCUT2D eigenvalue weighted by Crippen LogP contribution is 2.56. The van der Waals surface area contributed by atoms with Gasteiger partial charge in [-0.15, -0.1) is 17.5 Å². The molecule has 1 spiro atoms. The van der Waals surface area contributed by atoms with Gasteiger partial charge in [0.1, 0.15) is 12.9 Å². The Hall–Kier alpha value is -1.51. The molecule has 1 atom stereocenters. The van der Waals surface area contributed by atoms with Gasteiger partial charge in [0, 0.05) is 12.6 Å². The number of amides is 1. The summed E-state index contributed by atoms with van der Waals surface area (Å²) in [6.07, 6.45) is 4.94. The average Bonchev–Trinajstić information content (AvgIpc) is 2.99. The molecule has 2 aromatic heterocycles. The third-order valence-corrected chi connectivity index (χ3v) is 5.80. The summed E-state index contributed by atoms with van der Waals surface area (Å²) >= 11 is 1.67. The number of aromatic nitrogens is 4. The van der Waals surface area contributed by atoms with Crippen LogP contribution >= 0.6 is 23.7 Å². The highest BCUT2D eigenvalue weighted by Gasteiger charge is 2.57. The van der Waals surface area contributed by atoms with Crippen LogP contribution in [0.15, 0.2) is 23.2 Å². The Morgan fingerprint density at radius 3 is 2.96 bits per heavy atom. The van der Waals surface area contributed by atoms with Crippen molar-refractivity contribution < 1.29 is 4.79 Å². The summed E-state index contributed by atoms with van der Waals surface area (Å²) in [5.41, 5.74) is 1.54. The number of piperidine rings is 1. The van der Waals surface area contributed by atoms with E-state index in [1.807, 2.05) is 0 Å². The molecule has 2 fully saturated rings. The summed E-state index contributed by atoms with van der Waals surface area (Å²) in [6, 6.07) is 2.45. The highest BCUT2D eigenvalue weighted by atomic mass is 35.5.